The van der Waals surface area contributed by atoms with Crippen molar-refractivity contribution in [3.8, 4) is 0 Å². The average Bonchev–Trinajstić information content (AvgIpc) is 2.81. The van der Waals surface area contributed by atoms with E-state index in [1.807, 2.05) is 36.4 Å². The maximum Gasteiger partial charge on any atom is 0.271 e. The van der Waals surface area contributed by atoms with E-state index in [1.165, 1.54) is 30.4 Å². The number of hydrazone groups is 1. The van der Waals surface area contributed by atoms with Crippen LogP contribution in [0.1, 0.15) is 39.9 Å². The summed E-state index contributed by atoms with van der Waals surface area (Å²) in [6.07, 6.45) is 5.23. The number of benzene rings is 3. The fourth-order valence-corrected chi connectivity index (χ4v) is 4.33. The van der Waals surface area contributed by atoms with Crippen LogP contribution in [-0.4, -0.2) is 30.1 Å². The van der Waals surface area contributed by atoms with E-state index in [4.69, 9.17) is 11.6 Å². The number of carbonyl (C=O) groups is 1. The molecule has 1 amide bonds. The molecule has 1 saturated heterocycles. The first-order valence-corrected chi connectivity index (χ1v) is 11.5. The molecule has 0 aromatic heterocycles. The van der Waals surface area contributed by atoms with Gasteiger partial charge in [-0.1, -0.05) is 66.2 Å². The lowest BCUT2D eigenvalue weighted by Gasteiger charge is -2.32. The van der Waals surface area contributed by atoms with Gasteiger partial charge in [0.2, 0.25) is 0 Å². The molecular formula is C27H28ClN3O. The highest BCUT2D eigenvalue weighted by molar-refractivity contribution is 6.30. The van der Waals surface area contributed by atoms with Crippen molar-refractivity contribution in [1.29, 1.82) is 0 Å². The van der Waals surface area contributed by atoms with Gasteiger partial charge in [0, 0.05) is 17.1 Å². The van der Waals surface area contributed by atoms with E-state index < -0.39 is 0 Å². The molecule has 0 radical (unpaired) electrons. The molecule has 32 heavy (non-hydrogen) atoms. The van der Waals surface area contributed by atoms with Crippen molar-refractivity contribution in [2.75, 3.05) is 13.1 Å². The minimum absolute atomic E-state index is 0.225. The number of nitrogens with one attached hydrogen (secondary N) is 1. The van der Waals surface area contributed by atoms with Gasteiger partial charge in [0.25, 0.3) is 5.91 Å². The standard InChI is InChI=1S/C27H28ClN3O/c28-26-8-4-7-24(18-26)19-29-30-27(32)25-11-9-23(10-12-25)20-31-15-13-22(14-16-31)17-21-5-2-1-3-6-21/h1-12,18-19,22H,13-17,20H2,(H,30,32)/b29-19-. The molecule has 5 heteroatoms. The topological polar surface area (TPSA) is 44.7 Å². The Labute approximate surface area is 194 Å². The van der Waals surface area contributed by atoms with Gasteiger partial charge in [-0.2, -0.15) is 5.10 Å². The number of piperidine rings is 1. The molecule has 0 unspecified atom stereocenters. The van der Waals surface area contributed by atoms with E-state index in [0.717, 1.165) is 31.1 Å². The Morgan fingerprint density at radius 2 is 1.72 bits per heavy atom. The molecule has 3 aromatic carbocycles. The van der Waals surface area contributed by atoms with Gasteiger partial charge in [-0.25, -0.2) is 5.43 Å². The Kier molecular flexibility index (Phi) is 7.70. The van der Waals surface area contributed by atoms with Gasteiger partial charge in [-0.15, -0.1) is 0 Å². The fraction of sp³-hybridized carbons (Fsp3) is 0.259. The highest BCUT2D eigenvalue weighted by Gasteiger charge is 2.19. The highest BCUT2D eigenvalue weighted by atomic mass is 35.5. The Balaban J connectivity index is 1.23. The molecule has 1 aliphatic rings. The maximum absolute atomic E-state index is 12.3. The summed E-state index contributed by atoms with van der Waals surface area (Å²) in [5.74, 6) is 0.545. The van der Waals surface area contributed by atoms with Crippen molar-refractivity contribution in [2.24, 2.45) is 11.0 Å². The summed E-state index contributed by atoms with van der Waals surface area (Å²) in [5.41, 5.74) is 6.67. The van der Waals surface area contributed by atoms with E-state index in [0.29, 0.717) is 10.6 Å². The summed E-state index contributed by atoms with van der Waals surface area (Å²) in [6.45, 7) is 3.17. The van der Waals surface area contributed by atoms with Gasteiger partial charge < -0.3 is 0 Å². The molecule has 0 saturated carbocycles. The molecular weight excluding hydrogens is 418 g/mol. The van der Waals surface area contributed by atoms with Crippen molar-refractivity contribution in [3.63, 3.8) is 0 Å². The first-order chi connectivity index (χ1) is 15.7. The second kappa shape index (κ2) is 11.1. The largest absolute Gasteiger partial charge is 0.299 e. The molecule has 1 aliphatic heterocycles. The summed E-state index contributed by atoms with van der Waals surface area (Å²) in [5, 5.41) is 4.66. The lowest BCUT2D eigenvalue weighted by Crippen LogP contribution is -2.33. The number of likely N-dealkylation sites (tertiary alicyclic amines) is 1. The van der Waals surface area contributed by atoms with E-state index >= 15 is 0 Å². The summed E-state index contributed by atoms with van der Waals surface area (Å²) >= 11 is 5.95. The molecule has 0 aliphatic carbocycles. The highest BCUT2D eigenvalue weighted by Crippen LogP contribution is 2.23. The minimum atomic E-state index is -0.225. The first kappa shape index (κ1) is 22.3. The number of nitrogens with zero attached hydrogens (tertiary/aromatic N) is 2. The molecule has 0 spiro atoms. The van der Waals surface area contributed by atoms with Crippen LogP contribution in [0.3, 0.4) is 0 Å². The van der Waals surface area contributed by atoms with Crippen LogP contribution in [0, 0.1) is 5.92 Å². The number of rotatable bonds is 7. The third-order valence-electron chi connectivity index (χ3n) is 5.93. The van der Waals surface area contributed by atoms with E-state index in [-0.39, 0.29) is 5.91 Å². The Bertz CT molecular complexity index is 1040. The predicted molar refractivity (Wildman–Crippen MR) is 131 cm³/mol. The van der Waals surface area contributed by atoms with Gasteiger partial charge in [-0.3, -0.25) is 9.69 Å². The lowest BCUT2D eigenvalue weighted by molar-refractivity contribution is 0.0955. The van der Waals surface area contributed by atoms with Crippen molar-refractivity contribution in [1.82, 2.24) is 10.3 Å². The Morgan fingerprint density at radius 1 is 0.969 bits per heavy atom. The number of halogens is 1. The second-order valence-electron chi connectivity index (χ2n) is 8.36. The Morgan fingerprint density at radius 3 is 2.44 bits per heavy atom. The Hall–Kier alpha value is -2.95. The zero-order valence-electron chi connectivity index (χ0n) is 18.1. The van der Waals surface area contributed by atoms with Crippen LogP contribution in [-0.2, 0) is 13.0 Å². The molecule has 3 aromatic rings. The van der Waals surface area contributed by atoms with Gasteiger partial charge in [0.05, 0.1) is 6.21 Å². The molecule has 1 fully saturated rings. The van der Waals surface area contributed by atoms with Crippen LogP contribution in [0.25, 0.3) is 0 Å². The number of amides is 1. The predicted octanol–water partition coefficient (Wildman–Crippen LogP) is 5.56. The van der Waals surface area contributed by atoms with Crippen LogP contribution in [0.5, 0.6) is 0 Å². The maximum atomic E-state index is 12.3. The first-order valence-electron chi connectivity index (χ1n) is 11.1. The zero-order valence-corrected chi connectivity index (χ0v) is 18.8. The number of hydrogen-bond donors (Lipinski definition) is 1. The van der Waals surface area contributed by atoms with Crippen LogP contribution < -0.4 is 5.43 Å². The van der Waals surface area contributed by atoms with Crippen molar-refractivity contribution < 1.29 is 4.79 Å². The summed E-state index contributed by atoms with van der Waals surface area (Å²) in [4.78, 5) is 14.8. The van der Waals surface area contributed by atoms with Gasteiger partial charge in [0.1, 0.15) is 0 Å². The molecule has 4 nitrogen and oxygen atoms in total. The van der Waals surface area contributed by atoms with Crippen molar-refractivity contribution in [2.45, 2.75) is 25.8 Å². The summed E-state index contributed by atoms with van der Waals surface area (Å²) in [7, 11) is 0. The molecule has 1 heterocycles. The molecule has 4 rings (SSSR count). The summed E-state index contributed by atoms with van der Waals surface area (Å²) < 4.78 is 0. The molecule has 1 N–H and O–H groups in total. The fourth-order valence-electron chi connectivity index (χ4n) is 4.13. The van der Waals surface area contributed by atoms with Crippen LogP contribution >= 0.6 is 11.6 Å². The number of carbonyl (C=O) groups excluding carboxylic acids is 1. The average molecular weight is 446 g/mol. The van der Waals surface area contributed by atoms with Gasteiger partial charge in [0.15, 0.2) is 0 Å². The van der Waals surface area contributed by atoms with Crippen LogP contribution in [0.15, 0.2) is 84.0 Å². The number of hydrogen-bond acceptors (Lipinski definition) is 3. The smallest absolute Gasteiger partial charge is 0.271 e. The van der Waals surface area contributed by atoms with Gasteiger partial charge >= 0.3 is 0 Å². The summed E-state index contributed by atoms with van der Waals surface area (Å²) in [6, 6.07) is 25.9. The quantitative estimate of drug-likeness (QED) is 0.382. The van der Waals surface area contributed by atoms with E-state index in [9.17, 15) is 4.79 Å². The van der Waals surface area contributed by atoms with Gasteiger partial charge in [-0.05, 0) is 79.2 Å². The lowest BCUT2D eigenvalue weighted by atomic mass is 9.90. The van der Waals surface area contributed by atoms with Crippen LogP contribution in [0.2, 0.25) is 5.02 Å². The second-order valence-corrected chi connectivity index (χ2v) is 8.80. The monoisotopic (exact) mass is 445 g/mol. The van der Waals surface area contributed by atoms with Crippen LogP contribution in [0.4, 0.5) is 0 Å². The van der Waals surface area contributed by atoms with Crippen molar-refractivity contribution in [3.05, 3.63) is 106 Å². The molecule has 164 valence electrons. The minimum Gasteiger partial charge on any atom is -0.299 e. The third-order valence-corrected chi connectivity index (χ3v) is 6.16. The van der Waals surface area contributed by atoms with Crippen molar-refractivity contribution >= 4 is 23.7 Å². The molecule has 0 bridgehead atoms. The SMILES string of the molecule is O=C(N/N=C\c1cccc(Cl)c1)c1ccc(CN2CCC(Cc3ccccc3)CC2)cc1. The third kappa shape index (κ3) is 6.52. The zero-order chi connectivity index (χ0) is 22.2. The molecule has 0 atom stereocenters. The van der Waals surface area contributed by atoms with E-state index in [2.05, 4.69) is 45.8 Å². The van der Waals surface area contributed by atoms with E-state index in [1.54, 1.807) is 18.3 Å². The normalized spacial score (nSPS) is 15.2.